The molecule has 1 aromatic heterocycles. The lowest BCUT2D eigenvalue weighted by Gasteiger charge is -2.18. The van der Waals surface area contributed by atoms with E-state index in [-0.39, 0.29) is 29.4 Å². The fraction of sp³-hybridized carbons (Fsp3) is 0.667. The second-order valence-electron chi connectivity index (χ2n) is 6.43. The van der Waals surface area contributed by atoms with E-state index >= 15 is 0 Å². The van der Waals surface area contributed by atoms with Gasteiger partial charge in [0.1, 0.15) is 6.04 Å². The molecule has 2 atom stereocenters. The molecule has 2 unspecified atom stereocenters. The van der Waals surface area contributed by atoms with Gasteiger partial charge in [0.25, 0.3) is 0 Å². The molecule has 0 aliphatic carbocycles. The molecule has 21 heavy (non-hydrogen) atoms. The van der Waals surface area contributed by atoms with Gasteiger partial charge in [0, 0.05) is 5.41 Å². The molecule has 0 radical (unpaired) electrons. The van der Waals surface area contributed by atoms with Gasteiger partial charge in [-0.05, 0) is 12.8 Å². The maximum atomic E-state index is 11.9. The zero-order chi connectivity index (χ0) is 16.2. The Morgan fingerprint density at radius 3 is 2.33 bits per heavy atom. The Balaban J connectivity index is 2.65. The standard InChI is InChI=1S/C15H24N4O2/c1-8-11(9(2)3)17-14(20)16-10(4)12-18-13(19-21-12)15(5,6)7/h1,9-11H,2-7H3,(H2,16,17,20). The predicted octanol–water partition coefficient (Wildman–Crippen LogP) is 2.39. The zero-order valence-corrected chi connectivity index (χ0v) is 13.5. The second-order valence-corrected chi connectivity index (χ2v) is 6.43. The van der Waals surface area contributed by atoms with Crippen molar-refractivity contribution in [2.24, 2.45) is 5.92 Å². The van der Waals surface area contributed by atoms with Crippen molar-refractivity contribution in [2.75, 3.05) is 0 Å². The number of hydrogen-bond donors (Lipinski definition) is 2. The number of terminal acetylenes is 1. The summed E-state index contributed by atoms with van der Waals surface area (Å²) < 4.78 is 5.19. The predicted molar refractivity (Wildman–Crippen MR) is 80.5 cm³/mol. The quantitative estimate of drug-likeness (QED) is 0.835. The van der Waals surface area contributed by atoms with Gasteiger partial charge in [0.05, 0.1) is 6.04 Å². The van der Waals surface area contributed by atoms with Crippen LogP contribution in [0.2, 0.25) is 0 Å². The fourth-order valence-electron chi connectivity index (χ4n) is 1.56. The highest BCUT2D eigenvalue weighted by Gasteiger charge is 2.24. The molecular formula is C15H24N4O2. The van der Waals surface area contributed by atoms with Crippen LogP contribution in [-0.2, 0) is 5.41 Å². The Labute approximate surface area is 126 Å². The minimum absolute atomic E-state index is 0.159. The van der Waals surface area contributed by atoms with E-state index in [9.17, 15) is 4.79 Å². The van der Waals surface area contributed by atoms with Gasteiger partial charge in [0.15, 0.2) is 5.82 Å². The fourth-order valence-corrected chi connectivity index (χ4v) is 1.56. The van der Waals surface area contributed by atoms with Crippen LogP contribution < -0.4 is 10.6 Å². The van der Waals surface area contributed by atoms with Crippen molar-refractivity contribution in [1.82, 2.24) is 20.8 Å². The first-order chi connectivity index (χ1) is 9.65. The first-order valence-electron chi connectivity index (χ1n) is 7.02. The van der Waals surface area contributed by atoms with E-state index < -0.39 is 0 Å². The Bertz CT molecular complexity index is 523. The van der Waals surface area contributed by atoms with Crippen LogP contribution in [0, 0.1) is 18.3 Å². The molecule has 0 saturated heterocycles. The van der Waals surface area contributed by atoms with E-state index in [0.717, 1.165) is 0 Å². The first-order valence-corrected chi connectivity index (χ1v) is 7.02. The largest absolute Gasteiger partial charge is 0.337 e. The SMILES string of the molecule is C#CC(NC(=O)NC(C)c1nc(C(C)(C)C)no1)C(C)C. The van der Waals surface area contributed by atoms with Crippen molar-refractivity contribution in [2.45, 2.75) is 59.0 Å². The van der Waals surface area contributed by atoms with Crippen LogP contribution in [0.3, 0.4) is 0 Å². The van der Waals surface area contributed by atoms with Gasteiger partial charge in [-0.1, -0.05) is 45.7 Å². The van der Waals surface area contributed by atoms with E-state index in [0.29, 0.717) is 11.7 Å². The third kappa shape index (κ3) is 4.78. The highest BCUT2D eigenvalue weighted by Crippen LogP contribution is 2.20. The third-order valence-corrected chi connectivity index (χ3v) is 2.96. The van der Waals surface area contributed by atoms with E-state index in [1.54, 1.807) is 6.92 Å². The summed E-state index contributed by atoms with van der Waals surface area (Å²) in [5.74, 6) is 3.68. The van der Waals surface area contributed by atoms with Crippen LogP contribution in [0.15, 0.2) is 4.52 Å². The molecule has 0 saturated carbocycles. The minimum atomic E-state index is -0.390. The summed E-state index contributed by atoms with van der Waals surface area (Å²) in [6, 6.07) is -1.06. The van der Waals surface area contributed by atoms with E-state index in [4.69, 9.17) is 10.9 Å². The average Bonchev–Trinajstić information content (AvgIpc) is 2.84. The lowest BCUT2D eigenvalue weighted by Crippen LogP contribution is -2.44. The molecule has 0 aliphatic rings. The summed E-state index contributed by atoms with van der Waals surface area (Å²) in [6.07, 6.45) is 5.38. The first kappa shape index (κ1) is 17.0. The molecular weight excluding hydrogens is 268 g/mol. The number of aromatic nitrogens is 2. The van der Waals surface area contributed by atoms with Crippen molar-refractivity contribution in [3.63, 3.8) is 0 Å². The smallest absolute Gasteiger partial charge is 0.316 e. The number of urea groups is 1. The van der Waals surface area contributed by atoms with Crippen LogP contribution >= 0.6 is 0 Å². The van der Waals surface area contributed by atoms with E-state index in [2.05, 4.69) is 26.7 Å². The second kappa shape index (κ2) is 6.61. The minimum Gasteiger partial charge on any atom is -0.337 e. The molecule has 0 spiro atoms. The normalized spacial score (nSPS) is 14.4. The van der Waals surface area contributed by atoms with Gasteiger partial charge in [-0.2, -0.15) is 4.98 Å². The molecule has 0 bridgehead atoms. The third-order valence-electron chi connectivity index (χ3n) is 2.96. The number of nitrogens with zero attached hydrogens (tertiary/aromatic N) is 2. The van der Waals surface area contributed by atoms with Crippen molar-refractivity contribution in [3.8, 4) is 12.3 Å². The summed E-state index contributed by atoms with van der Waals surface area (Å²) in [7, 11) is 0. The molecule has 6 heteroatoms. The van der Waals surface area contributed by atoms with Crippen LogP contribution in [0.1, 0.15) is 59.3 Å². The Morgan fingerprint density at radius 2 is 1.90 bits per heavy atom. The van der Waals surface area contributed by atoms with Crippen LogP contribution in [0.4, 0.5) is 4.79 Å². The van der Waals surface area contributed by atoms with Gasteiger partial charge in [-0.3, -0.25) is 0 Å². The number of carbonyl (C=O) groups excluding carboxylic acids is 1. The molecule has 2 amide bonds. The highest BCUT2D eigenvalue weighted by atomic mass is 16.5. The molecule has 0 aliphatic heterocycles. The van der Waals surface area contributed by atoms with Gasteiger partial charge >= 0.3 is 6.03 Å². The zero-order valence-electron chi connectivity index (χ0n) is 13.5. The number of nitrogens with one attached hydrogen (secondary N) is 2. The molecule has 0 fully saturated rings. The van der Waals surface area contributed by atoms with Gasteiger partial charge in [0.2, 0.25) is 5.89 Å². The van der Waals surface area contributed by atoms with Crippen molar-refractivity contribution < 1.29 is 9.32 Å². The maximum absolute atomic E-state index is 11.9. The van der Waals surface area contributed by atoms with Crippen molar-refractivity contribution >= 4 is 6.03 Å². The average molecular weight is 292 g/mol. The number of hydrogen-bond acceptors (Lipinski definition) is 4. The van der Waals surface area contributed by atoms with Crippen LogP contribution in [0.25, 0.3) is 0 Å². The molecule has 0 aromatic carbocycles. The molecule has 116 valence electrons. The summed E-state index contributed by atoms with van der Waals surface area (Å²) in [5.41, 5.74) is -0.198. The molecule has 1 heterocycles. The van der Waals surface area contributed by atoms with Crippen LogP contribution in [-0.4, -0.2) is 22.2 Å². The summed E-state index contributed by atoms with van der Waals surface area (Å²) in [6.45, 7) is 11.6. The Kier molecular flexibility index (Phi) is 5.36. The number of carbonyl (C=O) groups is 1. The van der Waals surface area contributed by atoms with E-state index in [1.807, 2.05) is 34.6 Å². The summed E-state index contributed by atoms with van der Waals surface area (Å²) >= 11 is 0. The number of rotatable bonds is 4. The maximum Gasteiger partial charge on any atom is 0.316 e. The molecule has 6 nitrogen and oxygen atoms in total. The molecule has 1 rings (SSSR count). The Morgan fingerprint density at radius 1 is 1.29 bits per heavy atom. The van der Waals surface area contributed by atoms with Crippen molar-refractivity contribution in [3.05, 3.63) is 11.7 Å². The van der Waals surface area contributed by atoms with E-state index in [1.165, 1.54) is 0 Å². The summed E-state index contributed by atoms with van der Waals surface area (Å²) in [4.78, 5) is 16.2. The van der Waals surface area contributed by atoms with Gasteiger partial charge in [-0.15, -0.1) is 6.42 Å². The lowest BCUT2D eigenvalue weighted by molar-refractivity contribution is 0.230. The highest BCUT2D eigenvalue weighted by molar-refractivity contribution is 5.75. The Hall–Kier alpha value is -2.03. The molecule has 1 aromatic rings. The number of amides is 2. The lowest BCUT2D eigenvalue weighted by atomic mass is 9.96. The topological polar surface area (TPSA) is 80.0 Å². The van der Waals surface area contributed by atoms with Gasteiger partial charge < -0.3 is 15.2 Å². The van der Waals surface area contributed by atoms with Crippen molar-refractivity contribution in [1.29, 1.82) is 0 Å². The van der Waals surface area contributed by atoms with Crippen LogP contribution in [0.5, 0.6) is 0 Å². The monoisotopic (exact) mass is 292 g/mol. The summed E-state index contributed by atoms with van der Waals surface area (Å²) in [5, 5.41) is 9.40. The molecule has 2 N–H and O–H groups in total. The van der Waals surface area contributed by atoms with Gasteiger partial charge in [-0.25, -0.2) is 4.79 Å².